The van der Waals surface area contributed by atoms with Crippen LogP contribution in [0.5, 0.6) is 5.75 Å². The van der Waals surface area contributed by atoms with Gasteiger partial charge in [0.05, 0.1) is 4.91 Å². The molecule has 0 spiro atoms. The van der Waals surface area contributed by atoms with Gasteiger partial charge in [-0.3, -0.25) is 14.5 Å². The molecule has 0 unspecified atom stereocenters. The molecule has 1 fully saturated rings. The molecule has 31 heavy (non-hydrogen) atoms. The molecule has 0 atom stereocenters. The first-order valence-electron chi connectivity index (χ1n) is 9.75. The maximum atomic E-state index is 12.5. The van der Waals surface area contributed by atoms with E-state index in [1.54, 1.807) is 24.3 Å². The van der Waals surface area contributed by atoms with Crippen LogP contribution in [0.2, 0.25) is 0 Å². The number of amides is 2. The van der Waals surface area contributed by atoms with Crippen LogP contribution in [0.4, 0.5) is 5.69 Å². The van der Waals surface area contributed by atoms with E-state index in [4.69, 9.17) is 17.0 Å². The van der Waals surface area contributed by atoms with Crippen molar-refractivity contribution < 1.29 is 14.3 Å². The third-order valence-corrected chi connectivity index (χ3v) is 6.03. The van der Waals surface area contributed by atoms with Crippen molar-refractivity contribution in [1.29, 1.82) is 0 Å². The van der Waals surface area contributed by atoms with E-state index in [0.717, 1.165) is 27.9 Å². The third kappa shape index (κ3) is 5.62. The van der Waals surface area contributed by atoms with Gasteiger partial charge in [0.2, 0.25) is 0 Å². The molecule has 3 rings (SSSR count). The van der Waals surface area contributed by atoms with Crippen LogP contribution in [0.3, 0.4) is 0 Å². The molecule has 0 aliphatic carbocycles. The molecule has 5 nitrogen and oxygen atoms in total. The van der Waals surface area contributed by atoms with Crippen molar-refractivity contribution in [3.8, 4) is 5.75 Å². The fraction of sp³-hybridized carbons (Fsp3) is 0.208. The predicted molar refractivity (Wildman–Crippen MR) is 131 cm³/mol. The number of hydrogen-bond donors (Lipinski definition) is 1. The smallest absolute Gasteiger partial charge is 0.266 e. The van der Waals surface area contributed by atoms with Crippen LogP contribution in [0.15, 0.2) is 54.0 Å². The van der Waals surface area contributed by atoms with E-state index in [1.165, 1.54) is 16.7 Å². The van der Waals surface area contributed by atoms with Crippen molar-refractivity contribution in [2.45, 2.75) is 20.8 Å². The van der Waals surface area contributed by atoms with Gasteiger partial charge in [-0.2, -0.15) is 0 Å². The molecule has 1 heterocycles. The predicted octanol–water partition coefficient (Wildman–Crippen LogP) is 5.02. The summed E-state index contributed by atoms with van der Waals surface area (Å²) >= 11 is 6.52. The molecule has 1 aliphatic heterocycles. The molecular formula is C24H24N2O3S2. The Morgan fingerprint density at radius 3 is 2.61 bits per heavy atom. The zero-order chi connectivity index (χ0) is 22.5. The average Bonchev–Trinajstić information content (AvgIpc) is 2.97. The monoisotopic (exact) mass is 452 g/mol. The van der Waals surface area contributed by atoms with Crippen LogP contribution in [-0.2, 0) is 9.59 Å². The molecule has 2 aromatic rings. The van der Waals surface area contributed by atoms with Crippen LogP contribution in [0.1, 0.15) is 22.3 Å². The minimum atomic E-state index is -0.231. The zero-order valence-electron chi connectivity index (χ0n) is 17.7. The molecule has 2 aromatic carbocycles. The summed E-state index contributed by atoms with van der Waals surface area (Å²) in [7, 11) is 0. The Bertz CT molecular complexity index is 1070. The number of hydrogen-bond acceptors (Lipinski definition) is 5. The lowest BCUT2D eigenvalue weighted by molar-refractivity contribution is -0.121. The lowest BCUT2D eigenvalue weighted by Gasteiger charge is -2.13. The maximum Gasteiger partial charge on any atom is 0.266 e. The number of nitrogens with zero attached hydrogens (tertiary/aromatic N) is 1. The number of thioether (sulfide) groups is 1. The maximum absolute atomic E-state index is 12.5. The first-order valence-corrected chi connectivity index (χ1v) is 11.0. The molecule has 0 bridgehead atoms. The Hall–Kier alpha value is -2.90. The lowest BCUT2D eigenvalue weighted by atomic mass is 10.1. The van der Waals surface area contributed by atoms with E-state index < -0.39 is 0 Å². The summed E-state index contributed by atoms with van der Waals surface area (Å²) in [5.41, 5.74) is 4.79. The molecule has 1 aliphatic rings. The third-order valence-electron chi connectivity index (χ3n) is 4.65. The van der Waals surface area contributed by atoms with Crippen LogP contribution >= 0.6 is 24.0 Å². The van der Waals surface area contributed by atoms with E-state index in [9.17, 15) is 9.59 Å². The Labute approximate surface area is 192 Å². The molecule has 7 heteroatoms. The largest absolute Gasteiger partial charge is 0.484 e. The average molecular weight is 453 g/mol. The quantitative estimate of drug-likeness (QED) is 0.363. The topological polar surface area (TPSA) is 58.6 Å². The number of benzene rings is 2. The van der Waals surface area contributed by atoms with Crippen molar-refractivity contribution in [3.05, 3.63) is 76.2 Å². The summed E-state index contributed by atoms with van der Waals surface area (Å²) in [5, 5.41) is 2.92. The van der Waals surface area contributed by atoms with E-state index in [1.807, 2.05) is 45.0 Å². The Morgan fingerprint density at radius 2 is 1.94 bits per heavy atom. The summed E-state index contributed by atoms with van der Waals surface area (Å²) < 4.78 is 6.19. The summed E-state index contributed by atoms with van der Waals surface area (Å²) in [6, 6.07) is 11.3. The van der Waals surface area contributed by atoms with E-state index >= 15 is 0 Å². The van der Waals surface area contributed by atoms with Gasteiger partial charge >= 0.3 is 0 Å². The van der Waals surface area contributed by atoms with Crippen LogP contribution in [0.25, 0.3) is 6.08 Å². The molecule has 1 N–H and O–H groups in total. The Balaban J connectivity index is 1.65. The minimum Gasteiger partial charge on any atom is -0.484 e. The van der Waals surface area contributed by atoms with Gasteiger partial charge in [-0.25, -0.2) is 0 Å². The number of anilines is 1. The fourth-order valence-electron chi connectivity index (χ4n) is 3.33. The lowest BCUT2D eigenvalue weighted by Crippen LogP contribution is -2.27. The Kier molecular flexibility index (Phi) is 7.30. The van der Waals surface area contributed by atoms with E-state index in [-0.39, 0.29) is 18.4 Å². The van der Waals surface area contributed by atoms with Crippen molar-refractivity contribution >= 4 is 51.9 Å². The summed E-state index contributed by atoms with van der Waals surface area (Å²) in [4.78, 5) is 26.9. The summed E-state index contributed by atoms with van der Waals surface area (Å²) in [6.45, 7) is 9.90. The molecule has 0 aromatic heterocycles. The van der Waals surface area contributed by atoms with Crippen molar-refractivity contribution in [3.63, 3.8) is 0 Å². The standard InChI is InChI=1S/C24H24N2O3S2/c1-5-9-26-23(28)20(31-24(26)30)13-18-7-6-8-19(12-18)29-14-21(27)25-22-16(3)10-15(2)11-17(22)4/h5-8,10-13H,1,9,14H2,2-4H3,(H,25,27)/b20-13-. The van der Waals surface area contributed by atoms with Gasteiger partial charge in [0.15, 0.2) is 6.61 Å². The highest BCUT2D eigenvalue weighted by molar-refractivity contribution is 8.26. The van der Waals surface area contributed by atoms with Gasteiger partial charge in [-0.05, 0) is 55.7 Å². The van der Waals surface area contributed by atoms with Crippen molar-refractivity contribution in [1.82, 2.24) is 4.90 Å². The number of thiocarbonyl (C=S) groups is 1. The summed E-state index contributed by atoms with van der Waals surface area (Å²) in [5.74, 6) is 0.179. The van der Waals surface area contributed by atoms with E-state index in [0.29, 0.717) is 21.5 Å². The van der Waals surface area contributed by atoms with Crippen LogP contribution in [-0.4, -0.2) is 34.2 Å². The second kappa shape index (κ2) is 9.94. The number of ether oxygens (including phenoxy) is 1. The van der Waals surface area contributed by atoms with Crippen LogP contribution < -0.4 is 10.1 Å². The van der Waals surface area contributed by atoms with Gasteiger partial charge in [-0.1, -0.05) is 59.9 Å². The van der Waals surface area contributed by atoms with E-state index in [2.05, 4.69) is 11.9 Å². The number of rotatable bonds is 7. The summed E-state index contributed by atoms with van der Waals surface area (Å²) in [6.07, 6.45) is 3.42. The number of aryl methyl sites for hydroxylation is 3. The fourth-order valence-corrected chi connectivity index (χ4v) is 4.61. The van der Waals surface area contributed by atoms with Gasteiger partial charge in [0, 0.05) is 12.2 Å². The SMILES string of the molecule is C=CCN1C(=O)/C(=C/c2cccc(OCC(=O)Nc3c(C)cc(C)cc3C)c2)SC1=S. The second-order valence-corrected chi connectivity index (χ2v) is 8.94. The first kappa shape index (κ1) is 22.8. The number of carbonyl (C=O) groups is 2. The molecule has 0 radical (unpaired) electrons. The number of carbonyl (C=O) groups excluding carboxylic acids is 2. The van der Waals surface area contributed by atoms with Gasteiger partial charge in [-0.15, -0.1) is 6.58 Å². The highest BCUT2D eigenvalue weighted by atomic mass is 32.2. The van der Waals surface area contributed by atoms with Gasteiger partial charge in [0.25, 0.3) is 11.8 Å². The molecule has 0 saturated carbocycles. The Morgan fingerprint density at radius 1 is 1.23 bits per heavy atom. The highest BCUT2D eigenvalue weighted by Gasteiger charge is 2.30. The van der Waals surface area contributed by atoms with Crippen LogP contribution in [0, 0.1) is 20.8 Å². The molecule has 2 amide bonds. The zero-order valence-corrected chi connectivity index (χ0v) is 19.4. The highest BCUT2D eigenvalue weighted by Crippen LogP contribution is 2.32. The van der Waals surface area contributed by atoms with Gasteiger partial charge < -0.3 is 10.1 Å². The van der Waals surface area contributed by atoms with Crippen molar-refractivity contribution in [2.75, 3.05) is 18.5 Å². The van der Waals surface area contributed by atoms with Crippen molar-refractivity contribution in [2.24, 2.45) is 0 Å². The van der Waals surface area contributed by atoms with Gasteiger partial charge in [0.1, 0.15) is 10.1 Å². The molecular weight excluding hydrogens is 428 g/mol. The molecule has 160 valence electrons. The second-order valence-electron chi connectivity index (χ2n) is 7.26. The minimum absolute atomic E-state index is 0.113. The first-order chi connectivity index (χ1) is 14.8. The number of nitrogens with one attached hydrogen (secondary N) is 1. The normalized spacial score (nSPS) is 14.8. The molecule has 1 saturated heterocycles.